The van der Waals surface area contributed by atoms with Crippen LogP contribution in [0.2, 0.25) is 5.02 Å². The monoisotopic (exact) mass is 349 g/mol. The van der Waals surface area contributed by atoms with Crippen LogP contribution in [0.15, 0.2) is 42.5 Å². The van der Waals surface area contributed by atoms with E-state index in [1.54, 1.807) is 24.3 Å². The van der Waals surface area contributed by atoms with Crippen molar-refractivity contribution in [1.82, 2.24) is 0 Å². The lowest BCUT2D eigenvalue weighted by molar-refractivity contribution is -0.123. The third-order valence-electron chi connectivity index (χ3n) is 3.21. The SMILES string of the molecule is COc1ccc(C(=O)O[C@H](C)C(=O)Nc2ccccc2Cl)c(O)c1. The van der Waals surface area contributed by atoms with Crippen LogP contribution < -0.4 is 10.1 Å². The van der Waals surface area contributed by atoms with Gasteiger partial charge >= 0.3 is 5.97 Å². The van der Waals surface area contributed by atoms with Crippen LogP contribution in [0.25, 0.3) is 0 Å². The average Bonchev–Trinajstić information content (AvgIpc) is 2.56. The van der Waals surface area contributed by atoms with Gasteiger partial charge in [0.1, 0.15) is 17.1 Å². The van der Waals surface area contributed by atoms with Crippen LogP contribution in [0.5, 0.6) is 11.5 Å². The molecule has 0 aliphatic carbocycles. The van der Waals surface area contributed by atoms with Gasteiger partial charge in [-0.05, 0) is 31.2 Å². The third kappa shape index (κ3) is 4.17. The Bertz CT molecular complexity index is 762. The maximum atomic E-state index is 12.1. The molecule has 0 heterocycles. The van der Waals surface area contributed by atoms with Gasteiger partial charge in [0.15, 0.2) is 6.10 Å². The Kier molecular flexibility index (Phi) is 5.65. The summed E-state index contributed by atoms with van der Waals surface area (Å²) in [6, 6.07) is 10.8. The summed E-state index contributed by atoms with van der Waals surface area (Å²) in [6.45, 7) is 1.42. The maximum Gasteiger partial charge on any atom is 0.342 e. The molecule has 6 nitrogen and oxygen atoms in total. The highest BCUT2D eigenvalue weighted by Gasteiger charge is 2.21. The minimum atomic E-state index is -1.07. The second kappa shape index (κ2) is 7.70. The highest BCUT2D eigenvalue weighted by molar-refractivity contribution is 6.33. The number of phenols is 1. The van der Waals surface area contributed by atoms with Crippen LogP contribution in [-0.2, 0) is 9.53 Å². The van der Waals surface area contributed by atoms with E-state index in [9.17, 15) is 14.7 Å². The van der Waals surface area contributed by atoms with Gasteiger partial charge in [-0.3, -0.25) is 4.79 Å². The molecule has 0 unspecified atom stereocenters. The summed E-state index contributed by atoms with van der Waals surface area (Å²) in [4.78, 5) is 24.2. The van der Waals surface area contributed by atoms with Crippen LogP contribution in [0, 0.1) is 0 Å². The van der Waals surface area contributed by atoms with Crippen LogP contribution in [0.4, 0.5) is 5.69 Å². The van der Waals surface area contributed by atoms with E-state index < -0.39 is 18.0 Å². The first-order chi connectivity index (χ1) is 11.4. The Morgan fingerprint density at radius 3 is 2.54 bits per heavy atom. The maximum absolute atomic E-state index is 12.1. The first-order valence-corrected chi connectivity index (χ1v) is 7.43. The molecule has 24 heavy (non-hydrogen) atoms. The standard InChI is InChI=1S/C17H16ClNO5/c1-10(16(21)19-14-6-4-3-5-13(14)18)24-17(22)12-8-7-11(23-2)9-15(12)20/h3-10,20H,1-2H3,(H,19,21)/t10-/m1/s1. The smallest absolute Gasteiger partial charge is 0.342 e. The first-order valence-electron chi connectivity index (χ1n) is 7.05. The quantitative estimate of drug-likeness (QED) is 0.809. The minimum absolute atomic E-state index is 0.0619. The average molecular weight is 350 g/mol. The fourth-order valence-corrected chi connectivity index (χ4v) is 2.07. The van der Waals surface area contributed by atoms with E-state index in [1.807, 2.05) is 0 Å². The lowest BCUT2D eigenvalue weighted by Gasteiger charge is -2.14. The molecule has 1 atom stereocenters. The number of ether oxygens (including phenoxy) is 2. The minimum Gasteiger partial charge on any atom is -0.507 e. The zero-order valence-corrected chi connectivity index (χ0v) is 13.8. The van der Waals surface area contributed by atoms with Crippen molar-refractivity contribution in [2.24, 2.45) is 0 Å². The highest BCUT2D eigenvalue weighted by atomic mass is 35.5. The highest BCUT2D eigenvalue weighted by Crippen LogP contribution is 2.25. The number of rotatable bonds is 5. The van der Waals surface area contributed by atoms with Crippen molar-refractivity contribution in [3.8, 4) is 11.5 Å². The second-order valence-electron chi connectivity index (χ2n) is 4.90. The molecule has 0 aromatic heterocycles. The van der Waals surface area contributed by atoms with Gasteiger partial charge in [0.25, 0.3) is 5.91 Å². The largest absolute Gasteiger partial charge is 0.507 e. The number of phenolic OH excluding ortho intramolecular Hbond substituents is 1. The van der Waals surface area contributed by atoms with E-state index in [0.717, 1.165) is 0 Å². The first kappa shape index (κ1) is 17.6. The van der Waals surface area contributed by atoms with E-state index in [-0.39, 0.29) is 11.3 Å². The van der Waals surface area contributed by atoms with Crippen LogP contribution in [0.1, 0.15) is 17.3 Å². The van der Waals surface area contributed by atoms with Crippen molar-refractivity contribution < 1.29 is 24.2 Å². The summed E-state index contributed by atoms with van der Waals surface area (Å²) in [7, 11) is 1.44. The number of nitrogens with one attached hydrogen (secondary N) is 1. The van der Waals surface area contributed by atoms with Gasteiger partial charge in [-0.2, -0.15) is 0 Å². The molecule has 0 spiro atoms. The lowest BCUT2D eigenvalue weighted by Crippen LogP contribution is -2.30. The number of halogens is 1. The lowest BCUT2D eigenvalue weighted by atomic mass is 10.2. The summed E-state index contributed by atoms with van der Waals surface area (Å²) in [6.07, 6.45) is -1.07. The van der Waals surface area contributed by atoms with Crippen molar-refractivity contribution in [2.75, 3.05) is 12.4 Å². The fourth-order valence-electron chi connectivity index (χ4n) is 1.89. The van der Waals surface area contributed by atoms with E-state index in [2.05, 4.69) is 5.32 Å². The Morgan fingerprint density at radius 2 is 1.92 bits per heavy atom. The Labute approximate surface area is 144 Å². The molecule has 0 fully saturated rings. The molecule has 2 rings (SSSR count). The fraction of sp³-hybridized carbons (Fsp3) is 0.176. The molecule has 0 aliphatic rings. The topological polar surface area (TPSA) is 84.9 Å². The van der Waals surface area contributed by atoms with Gasteiger partial charge in [-0.25, -0.2) is 4.79 Å². The summed E-state index contributed by atoms with van der Waals surface area (Å²) in [5.74, 6) is -1.26. The van der Waals surface area contributed by atoms with Crippen LogP contribution in [0.3, 0.4) is 0 Å². The van der Waals surface area contributed by atoms with E-state index in [1.165, 1.54) is 32.2 Å². The number of benzene rings is 2. The Hall–Kier alpha value is -2.73. The number of para-hydroxylation sites is 1. The van der Waals surface area contributed by atoms with Crippen molar-refractivity contribution in [3.05, 3.63) is 53.1 Å². The predicted octanol–water partition coefficient (Wildman–Crippen LogP) is 3.24. The van der Waals surface area contributed by atoms with Gasteiger partial charge < -0.3 is 19.9 Å². The molecule has 0 aliphatic heterocycles. The Balaban J connectivity index is 2.03. The molecular weight excluding hydrogens is 334 g/mol. The van der Waals surface area contributed by atoms with Crippen LogP contribution in [-0.4, -0.2) is 30.2 Å². The Morgan fingerprint density at radius 1 is 1.21 bits per heavy atom. The van der Waals surface area contributed by atoms with Gasteiger partial charge in [0.05, 0.1) is 17.8 Å². The molecule has 126 valence electrons. The van der Waals surface area contributed by atoms with Gasteiger partial charge in [0.2, 0.25) is 0 Å². The number of carbonyl (C=O) groups excluding carboxylic acids is 2. The molecule has 2 N–H and O–H groups in total. The molecule has 1 amide bonds. The number of amides is 1. The van der Waals surface area contributed by atoms with Gasteiger partial charge in [-0.1, -0.05) is 23.7 Å². The number of hydrogen-bond donors (Lipinski definition) is 2. The normalized spacial score (nSPS) is 11.5. The number of esters is 1. The van der Waals surface area contributed by atoms with E-state index in [4.69, 9.17) is 21.1 Å². The summed E-state index contributed by atoms with van der Waals surface area (Å²) in [5, 5.41) is 12.8. The molecule has 7 heteroatoms. The summed E-state index contributed by atoms with van der Waals surface area (Å²) in [5.41, 5.74) is 0.354. The molecule has 0 saturated carbocycles. The van der Waals surface area contributed by atoms with Gasteiger partial charge in [-0.15, -0.1) is 0 Å². The van der Waals surface area contributed by atoms with Gasteiger partial charge in [0, 0.05) is 6.07 Å². The number of carbonyl (C=O) groups is 2. The molecule has 0 bridgehead atoms. The molecule has 2 aromatic rings. The van der Waals surface area contributed by atoms with Crippen molar-refractivity contribution in [2.45, 2.75) is 13.0 Å². The number of anilines is 1. The molecule has 2 aromatic carbocycles. The number of methoxy groups -OCH3 is 1. The number of hydrogen-bond acceptors (Lipinski definition) is 5. The van der Waals surface area contributed by atoms with E-state index in [0.29, 0.717) is 16.5 Å². The molecule has 0 saturated heterocycles. The molecule has 0 radical (unpaired) electrons. The third-order valence-corrected chi connectivity index (χ3v) is 3.54. The van der Waals surface area contributed by atoms with Crippen molar-refractivity contribution in [3.63, 3.8) is 0 Å². The predicted molar refractivity (Wildman–Crippen MR) is 89.6 cm³/mol. The zero-order valence-electron chi connectivity index (χ0n) is 13.1. The molecular formula is C17H16ClNO5. The van der Waals surface area contributed by atoms with Crippen molar-refractivity contribution >= 4 is 29.2 Å². The van der Waals surface area contributed by atoms with Crippen molar-refractivity contribution in [1.29, 1.82) is 0 Å². The van der Waals surface area contributed by atoms with Crippen LogP contribution >= 0.6 is 11.6 Å². The summed E-state index contributed by atoms with van der Waals surface area (Å²) >= 11 is 5.96. The van der Waals surface area contributed by atoms with E-state index >= 15 is 0 Å². The second-order valence-corrected chi connectivity index (χ2v) is 5.31. The zero-order chi connectivity index (χ0) is 17.7. The summed E-state index contributed by atoms with van der Waals surface area (Å²) < 4.78 is 10.0. The number of aromatic hydroxyl groups is 1.